The first-order valence-electron chi connectivity index (χ1n) is 6.95. The molecule has 23 heavy (non-hydrogen) atoms. The van der Waals surface area contributed by atoms with Gasteiger partial charge in [0, 0.05) is 37.8 Å². The molecule has 3 rings (SSSR count). The maximum absolute atomic E-state index is 5.99. The van der Waals surface area contributed by atoms with Gasteiger partial charge in [-0.05, 0) is 42.0 Å². The average Bonchev–Trinajstić information content (AvgIpc) is 3.02. The lowest BCUT2D eigenvalue weighted by Crippen LogP contribution is -2.05. The molecule has 0 spiro atoms. The minimum atomic E-state index is 0.257. The van der Waals surface area contributed by atoms with E-state index < -0.39 is 0 Å². The van der Waals surface area contributed by atoms with Crippen LogP contribution < -0.4 is 0 Å². The van der Waals surface area contributed by atoms with E-state index in [1.54, 1.807) is 6.20 Å². The fourth-order valence-electron chi connectivity index (χ4n) is 2.23. The Bertz CT molecular complexity index is 776. The second-order valence-electron chi connectivity index (χ2n) is 4.99. The number of thioether (sulfide) groups is 1. The van der Waals surface area contributed by atoms with Gasteiger partial charge < -0.3 is 4.57 Å². The number of rotatable bonds is 5. The van der Waals surface area contributed by atoms with Gasteiger partial charge in [-0.25, -0.2) is 4.98 Å². The molecule has 0 aliphatic rings. The maximum atomic E-state index is 5.99. The number of hydrogen-bond acceptors (Lipinski definition) is 2. The third-order valence-electron chi connectivity index (χ3n) is 3.34. The van der Waals surface area contributed by atoms with E-state index in [9.17, 15) is 0 Å². The smallest absolute Gasteiger partial charge is 0.0946 e. The molecule has 0 amide bonds. The summed E-state index contributed by atoms with van der Waals surface area (Å²) >= 11 is 15.0. The number of nitrogens with zero attached hydrogens (tertiary/aromatic N) is 2. The predicted octanol–water partition coefficient (Wildman–Crippen LogP) is 6.60. The fraction of sp³-hybridized carbons (Fsp3) is 0.118. The monoisotopic (exact) mass is 470 g/mol. The predicted molar refractivity (Wildman–Crippen MR) is 104 cm³/mol. The standard InChI is InChI=1S/C17H13Br2ClN2S/c18-12-1-6-15(16(19)9-12)17(10-22-8-7-21-11-22)23-14-4-2-13(20)3-5-14/h1-9,11,17H,10H2. The Morgan fingerprint density at radius 3 is 2.57 bits per heavy atom. The highest BCUT2D eigenvalue weighted by Gasteiger charge is 2.17. The highest BCUT2D eigenvalue weighted by molar-refractivity contribution is 9.11. The summed E-state index contributed by atoms with van der Waals surface area (Å²) in [4.78, 5) is 5.33. The van der Waals surface area contributed by atoms with Crippen LogP contribution >= 0.6 is 55.2 Å². The van der Waals surface area contributed by atoms with Gasteiger partial charge in [0.05, 0.1) is 11.6 Å². The molecule has 1 unspecified atom stereocenters. The molecule has 0 saturated carbocycles. The van der Waals surface area contributed by atoms with Gasteiger partial charge in [0.15, 0.2) is 0 Å². The maximum Gasteiger partial charge on any atom is 0.0946 e. The van der Waals surface area contributed by atoms with Crippen molar-refractivity contribution in [1.82, 2.24) is 9.55 Å². The van der Waals surface area contributed by atoms with E-state index in [2.05, 4.69) is 71.7 Å². The fourth-order valence-corrected chi connectivity index (χ4v) is 5.03. The van der Waals surface area contributed by atoms with Crippen molar-refractivity contribution in [2.75, 3.05) is 0 Å². The van der Waals surface area contributed by atoms with Crippen molar-refractivity contribution in [3.63, 3.8) is 0 Å². The van der Waals surface area contributed by atoms with Crippen LogP contribution in [0.15, 0.2) is 75.0 Å². The summed E-state index contributed by atoms with van der Waals surface area (Å²) < 4.78 is 4.26. The van der Waals surface area contributed by atoms with Crippen LogP contribution in [0.4, 0.5) is 0 Å². The third-order valence-corrected chi connectivity index (χ3v) is 6.00. The van der Waals surface area contributed by atoms with Crippen LogP contribution in [0.2, 0.25) is 5.02 Å². The zero-order chi connectivity index (χ0) is 16.2. The van der Waals surface area contributed by atoms with Crippen molar-refractivity contribution >= 4 is 55.2 Å². The Morgan fingerprint density at radius 1 is 1.13 bits per heavy atom. The normalized spacial score (nSPS) is 12.3. The van der Waals surface area contributed by atoms with E-state index in [-0.39, 0.29) is 5.25 Å². The topological polar surface area (TPSA) is 17.8 Å². The van der Waals surface area contributed by atoms with Crippen LogP contribution in [0.3, 0.4) is 0 Å². The minimum absolute atomic E-state index is 0.257. The molecule has 0 radical (unpaired) electrons. The van der Waals surface area contributed by atoms with Crippen LogP contribution in [-0.4, -0.2) is 9.55 Å². The summed E-state index contributed by atoms with van der Waals surface area (Å²) in [5, 5.41) is 1.01. The van der Waals surface area contributed by atoms with Gasteiger partial charge in [-0.3, -0.25) is 0 Å². The molecule has 0 aliphatic carbocycles. The van der Waals surface area contributed by atoms with Crippen LogP contribution in [0.5, 0.6) is 0 Å². The number of benzene rings is 2. The molecule has 0 fully saturated rings. The van der Waals surface area contributed by atoms with Gasteiger partial charge in [0.2, 0.25) is 0 Å². The van der Waals surface area contributed by atoms with Crippen molar-refractivity contribution in [3.8, 4) is 0 Å². The van der Waals surface area contributed by atoms with Crippen molar-refractivity contribution in [1.29, 1.82) is 0 Å². The number of halogens is 3. The van der Waals surface area contributed by atoms with Crippen LogP contribution in [0.1, 0.15) is 10.8 Å². The molecular weight excluding hydrogens is 460 g/mol. The first-order valence-corrected chi connectivity index (χ1v) is 9.79. The van der Waals surface area contributed by atoms with E-state index in [4.69, 9.17) is 11.6 Å². The van der Waals surface area contributed by atoms with Crippen LogP contribution in [0, 0.1) is 0 Å². The molecule has 6 heteroatoms. The first kappa shape index (κ1) is 17.1. The average molecular weight is 473 g/mol. The number of imidazole rings is 1. The molecule has 0 N–H and O–H groups in total. The molecule has 0 saturated heterocycles. The Labute approximate surface area is 161 Å². The highest BCUT2D eigenvalue weighted by Crippen LogP contribution is 2.40. The Hall–Kier alpha value is -0.750. The summed E-state index contributed by atoms with van der Waals surface area (Å²) in [5.74, 6) is 0. The Balaban J connectivity index is 1.90. The lowest BCUT2D eigenvalue weighted by Gasteiger charge is -2.19. The second kappa shape index (κ2) is 7.88. The van der Waals surface area contributed by atoms with E-state index >= 15 is 0 Å². The quantitative estimate of drug-likeness (QED) is 0.390. The number of hydrogen-bond donors (Lipinski definition) is 0. The highest BCUT2D eigenvalue weighted by atomic mass is 79.9. The summed E-state index contributed by atoms with van der Waals surface area (Å²) in [6, 6.07) is 14.3. The van der Waals surface area contributed by atoms with Gasteiger partial charge >= 0.3 is 0 Å². The zero-order valence-electron chi connectivity index (χ0n) is 12.0. The second-order valence-corrected chi connectivity index (χ2v) is 8.47. The van der Waals surface area contributed by atoms with E-state index in [0.717, 1.165) is 20.5 Å². The molecule has 118 valence electrons. The van der Waals surface area contributed by atoms with E-state index in [1.165, 1.54) is 10.5 Å². The molecule has 1 heterocycles. The Kier molecular flexibility index (Phi) is 5.85. The summed E-state index contributed by atoms with van der Waals surface area (Å²) in [6.45, 7) is 0.841. The molecular formula is C17H13Br2ClN2S. The van der Waals surface area contributed by atoms with Crippen LogP contribution in [-0.2, 0) is 6.54 Å². The summed E-state index contributed by atoms with van der Waals surface area (Å²) in [7, 11) is 0. The van der Waals surface area contributed by atoms with Crippen LogP contribution in [0.25, 0.3) is 0 Å². The van der Waals surface area contributed by atoms with Crippen molar-refractivity contribution < 1.29 is 0 Å². The van der Waals surface area contributed by atoms with Gasteiger partial charge in [0.25, 0.3) is 0 Å². The summed E-state index contributed by atoms with van der Waals surface area (Å²) in [6.07, 6.45) is 5.64. The molecule has 1 aromatic heterocycles. The molecule has 0 bridgehead atoms. The minimum Gasteiger partial charge on any atom is -0.336 e. The van der Waals surface area contributed by atoms with Crippen molar-refractivity contribution in [2.45, 2.75) is 16.7 Å². The molecule has 2 aromatic carbocycles. The van der Waals surface area contributed by atoms with Crippen molar-refractivity contribution in [2.24, 2.45) is 0 Å². The molecule has 2 nitrogen and oxygen atoms in total. The SMILES string of the molecule is Clc1ccc(SC(Cn2ccnc2)c2ccc(Br)cc2Br)cc1. The largest absolute Gasteiger partial charge is 0.336 e. The summed E-state index contributed by atoms with van der Waals surface area (Å²) in [5.41, 5.74) is 1.25. The number of aromatic nitrogens is 2. The first-order chi connectivity index (χ1) is 11.1. The lowest BCUT2D eigenvalue weighted by molar-refractivity contribution is 0.682. The lowest BCUT2D eigenvalue weighted by atomic mass is 10.1. The molecule has 1 atom stereocenters. The van der Waals surface area contributed by atoms with E-state index in [1.807, 2.05) is 36.4 Å². The molecule has 0 aliphatic heterocycles. The molecule has 3 aromatic rings. The van der Waals surface area contributed by atoms with Gasteiger partial charge in [-0.15, -0.1) is 11.8 Å². The van der Waals surface area contributed by atoms with Crippen molar-refractivity contribution in [3.05, 3.63) is 80.7 Å². The zero-order valence-corrected chi connectivity index (χ0v) is 16.7. The third kappa shape index (κ3) is 4.63. The van der Waals surface area contributed by atoms with Gasteiger partial charge in [0.1, 0.15) is 0 Å². The van der Waals surface area contributed by atoms with Gasteiger partial charge in [-0.2, -0.15) is 0 Å². The van der Waals surface area contributed by atoms with E-state index in [0.29, 0.717) is 0 Å². The van der Waals surface area contributed by atoms with Gasteiger partial charge in [-0.1, -0.05) is 49.5 Å². The Morgan fingerprint density at radius 2 is 1.91 bits per heavy atom.